The van der Waals surface area contributed by atoms with Gasteiger partial charge in [-0.1, -0.05) is 39.3 Å². The quantitative estimate of drug-likeness (QED) is 0.252. The highest BCUT2D eigenvalue weighted by atomic mass is 19.4. The molecule has 0 heterocycles. The Bertz CT molecular complexity index is 780. The Morgan fingerprint density at radius 3 is 2.47 bits per heavy atom. The number of fused-ring (bicyclic) bond motifs is 1. The van der Waals surface area contributed by atoms with Gasteiger partial charge in [-0.3, -0.25) is 4.99 Å². The molecule has 0 radical (unpaired) electrons. The lowest BCUT2D eigenvalue weighted by Gasteiger charge is -2.45. The average molecular weight is 486 g/mol. The van der Waals surface area contributed by atoms with Crippen molar-refractivity contribution < 1.29 is 18.3 Å². The van der Waals surface area contributed by atoms with Crippen molar-refractivity contribution in [1.82, 2.24) is 5.32 Å². The molecule has 0 bridgehead atoms. The Hall–Kier alpha value is -0.920. The summed E-state index contributed by atoms with van der Waals surface area (Å²) in [5, 5.41) is 11.7. The zero-order valence-electron chi connectivity index (χ0n) is 21.8. The van der Waals surface area contributed by atoms with Gasteiger partial charge in [0.1, 0.15) is 0 Å². The summed E-state index contributed by atoms with van der Waals surface area (Å²) >= 11 is 0. The second kappa shape index (κ2) is 10.2. The first-order chi connectivity index (χ1) is 16.1. The Morgan fingerprint density at radius 1 is 1.18 bits per heavy atom. The molecule has 4 nitrogen and oxygen atoms in total. The fraction of sp³-hybridized carbons (Fsp3) is 0.889. The third-order valence-corrected chi connectivity index (χ3v) is 9.88. The lowest BCUT2D eigenvalue weighted by Crippen LogP contribution is -2.41. The van der Waals surface area contributed by atoms with Crippen LogP contribution in [0.15, 0.2) is 16.6 Å². The zero-order chi connectivity index (χ0) is 25.4. The van der Waals surface area contributed by atoms with E-state index in [2.05, 4.69) is 24.9 Å². The molecule has 0 saturated heterocycles. The minimum Gasteiger partial charge on any atom is -0.393 e. The zero-order valence-corrected chi connectivity index (χ0v) is 21.8. The summed E-state index contributed by atoms with van der Waals surface area (Å²) in [6.07, 6.45) is 7.65. The number of halogens is 3. The van der Waals surface area contributed by atoms with E-state index in [1.165, 1.54) is 23.7 Å². The second-order valence-electron chi connectivity index (χ2n) is 11.0. The molecule has 0 aromatic rings. The van der Waals surface area contributed by atoms with Gasteiger partial charge in [0.05, 0.1) is 12.8 Å². The number of rotatable bonds is 4. The Balaban J connectivity index is 0.000000492. The van der Waals surface area contributed by atoms with Crippen molar-refractivity contribution in [3.63, 3.8) is 0 Å². The van der Waals surface area contributed by atoms with Crippen LogP contribution in [0.1, 0.15) is 92.4 Å². The van der Waals surface area contributed by atoms with Gasteiger partial charge in [-0.2, -0.15) is 13.2 Å². The number of hydrogen-bond donors (Lipinski definition) is 3. The van der Waals surface area contributed by atoms with Crippen LogP contribution >= 0.6 is 0 Å². The van der Waals surface area contributed by atoms with E-state index in [1.54, 1.807) is 0 Å². The van der Waals surface area contributed by atoms with Crippen molar-refractivity contribution >= 4 is 5.71 Å². The maximum absolute atomic E-state index is 12.4. The van der Waals surface area contributed by atoms with E-state index in [-0.39, 0.29) is 18.2 Å². The van der Waals surface area contributed by atoms with Crippen molar-refractivity contribution in [1.29, 1.82) is 0 Å². The number of hydrogen-bond acceptors (Lipinski definition) is 4. The number of nitrogens with zero attached hydrogens (tertiary/aromatic N) is 1. The highest BCUT2D eigenvalue weighted by Crippen LogP contribution is 2.90. The molecular weight excluding hydrogens is 439 g/mol. The topological polar surface area (TPSA) is 70.6 Å². The minimum atomic E-state index is -4.37. The van der Waals surface area contributed by atoms with E-state index in [0.29, 0.717) is 22.7 Å². The number of allylic oxidation sites excluding steroid dienone is 1. The van der Waals surface area contributed by atoms with E-state index in [9.17, 15) is 18.3 Å². The van der Waals surface area contributed by atoms with Crippen molar-refractivity contribution in [2.75, 3.05) is 13.2 Å². The fourth-order valence-electron chi connectivity index (χ4n) is 8.76. The largest absolute Gasteiger partial charge is 0.458 e. The lowest BCUT2D eigenvalue weighted by molar-refractivity contribution is -0.156. The number of alkyl halides is 3. The molecule has 5 aliphatic rings. The third kappa shape index (κ3) is 4.28. The van der Waals surface area contributed by atoms with Gasteiger partial charge in [-0.25, -0.2) is 5.32 Å². The predicted octanol–water partition coefficient (Wildman–Crippen LogP) is 6.20. The van der Waals surface area contributed by atoms with Crippen molar-refractivity contribution in [3.8, 4) is 0 Å². The lowest BCUT2D eigenvalue weighted by atomic mass is 9.59. The predicted molar refractivity (Wildman–Crippen MR) is 132 cm³/mol. The summed E-state index contributed by atoms with van der Waals surface area (Å²) in [4.78, 5) is 4.28. The smallest absolute Gasteiger partial charge is 0.393 e. The SMILES string of the molecule is C/C(=N\CNC(F)(F)F)C1CCC2C1(C)CCC1C34CCC(O)CC3=CCC214.CC.CCCN. The summed E-state index contributed by atoms with van der Waals surface area (Å²) in [5.74, 6) is 1.70. The van der Waals surface area contributed by atoms with Crippen LogP contribution in [0.5, 0.6) is 0 Å². The minimum absolute atomic E-state index is 0.144. The van der Waals surface area contributed by atoms with E-state index in [0.717, 1.165) is 63.1 Å². The summed E-state index contributed by atoms with van der Waals surface area (Å²) in [5.41, 5.74) is 8.30. The first kappa shape index (κ1) is 27.7. The molecule has 196 valence electrons. The van der Waals surface area contributed by atoms with Gasteiger partial charge >= 0.3 is 6.30 Å². The number of nitrogens with two attached hydrogens (primary N) is 1. The van der Waals surface area contributed by atoms with Crippen LogP contribution in [-0.2, 0) is 0 Å². The molecule has 7 unspecified atom stereocenters. The van der Waals surface area contributed by atoms with E-state index in [4.69, 9.17) is 5.73 Å². The second-order valence-corrected chi connectivity index (χ2v) is 11.0. The molecule has 0 aliphatic heterocycles. The van der Waals surface area contributed by atoms with Gasteiger partial charge in [-0.05, 0) is 93.9 Å². The standard InChI is InChI=1S/C22H31F3N2O.C3H9N.C2H6/c1-13(26-12-27-22(23,24)25)16-3-4-17-19(16,2)8-7-18-20-10-6-15(28)11-14(20)5-9-21(17,18)20;1-2-3-4;1-2/h5,15-18,27-28H,3-4,6-12H2,1-2H3;2-4H2,1H3;1-2H3/b26-13+;;. The van der Waals surface area contributed by atoms with Gasteiger partial charge in [0.15, 0.2) is 0 Å². The molecule has 7 heteroatoms. The molecule has 0 aromatic carbocycles. The van der Waals surface area contributed by atoms with Crippen molar-refractivity contribution in [2.24, 2.45) is 44.7 Å². The van der Waals surface area contributed by atoms with Crippen LogP contribution in [-0.4, -0.2) is 36.4 Å². The molecule has 5 rings (SSSR count). The summed E-state index contributed by atoms with van der Waals surface area (Å²) < 4.78 is 37.2. The maximum atomic E-state index is 12.4. The maximum Gasteiger partial charge on any atom is 0.458 e. The molecule has 4 N–H and O–H groups in total. The highest BCUT2D eigenvalue weighted by molar-refractivity contribution is 5.85. The van der Waals surface area contributed by atoms with Crippen molar-refractivity contribution in [3.05, 3.63) is 11.6 Å². The molecule has 2 spiro atoms. The normalized spacial score (nSPS) is 42.1. The van der Waals surface area contributed by atoms with Crippen LogP contribution in [0, 0.1) is 34.0 Å². The third-order valence-electron chi connectivity index (χ3n) is 9.88. The van der Waals surface area contributed by atoms with Crippen LogP contribution in [0.25, 0.3) is 0 Å². The van der Waals surface area contributed by atoms with Crippen LogP contribution in [0.3, 0.4) is 0 Å². The van der Waals surface area contributed by atoms with Crippen LogP contribution in [0.4, 0.5) is 13.2 Å². The van der Waals surface area contributed by atoms with Crippen molar-refractivity contribution in [2.45, 2.75) is 105 Å². The summed E-state index contributed by atoms with van der Waals surface area (Å²) in [6.45, 7) is 10.8. The molecular formula is C27H46F3N3O. The number of nitrogens with one attached hydrogen (secondary N) is 1. The molecule has 0 amide bonds. The Labute approximate surface area is 204 Å². The van der Waals surface area contributed by atoms with Gasteiger partial charge in [0.2, 0.25) is 0 Å². The van der Waals surface area contributed by atoms with Gasteiger partial charge in [-0.15, -0.1) is 0 Å². The Kier molecular flexibility index (Phi) is 8.31. The molecule has 5 aliphatic carbocycles. The van der Waals surface area contributed by atoms with Gasteiger partial charge in [0, 0.05) is 17.0 Å². The average Bonchev–Trinajstić information content (AvgIpc) is 3.02. The Morgan fingerprint density at radius 2 is 1.85 bits per heavy atom. The monoisotopic (exact) mass is 485 g/mol. The first-order valence-corrected chi connectivity index (χ1v) is 13.5. The van der Waals surface area contributed by atoms with Crippen LogP contribution < -0.4 is 11.1 Å². The van der Waals surface area contributed by atoms with Crippen LogP contribution in [0.2, 0.25) is 0 Å². The number of aliphatic hydroxyl groups excluding tert-OH is 1. The highest BCUT2D eigenvalue weighted by Gasteiger charge is 2.84. The number of aliphatic hydroxyl groups is 1. The van der Waals surface area contributed by atoms with E-state index in [1.807, 2.05) is 20.8 Å². The van der Waals surface area contributed by atoms with Gasteiger partial charge in [0.25, 0.3) is 0 Å². The number of aliphatic imine (C=N–C) groups is 1. The van der Waals surface area contributed by atoms with E-state index >= 15 is 0 Å². The van der Waals surface area contributed by atoms with E-state index < -0.39 is 6.30 Å². The summed E-state index contributed by atoms with van der Waals surface area (Å²) in [6, 6.07) is 0. The van der Waals surface area contributed by atoms with Gasteiger partial charge < -0.3 is 10.8 Å². The summed E-state index contributed by atoms with van der Waals surface area (Å²) in [7, 11) is 0. The molecule has 4 fully saturated rings. The molecule has 7 atom stereocenters. The molecule has 0 aromatic heterocycles. The fourth-order valence-corrected chi connectivity index (χ4v) is 8.76. The molecule has 4 saturated carbocycles. The first-order valence-electron chi connectivity index (χ1n) is 13.5. The molecule has 34 heavy (non-hydrogen) atoms.